The summed E-state index contributed by atoms with van der Waals surface area (Å²) in [4.78, 5) is 36.2. The Morgan fingerprint density at radius 1 is 1.30 bits per heavy atom. The number of anilines is 1. The number of carbonyl (C=O) groups excluding carboxylic acids is 2. The number of carbonyl (C=O) groups is 2. The third-order valence-electron chi connectivity index (χ3n) is 4.52. The van der Waals surface area contributed by atoms with E-state index in [2.05, 4.69) is 25.0 Å². The first-order chi connectivity index (χ1) is 11.0. The average Bonchev–Trinajstić information content (AvgIpc) is 2.86. The van der Waals surface area contributed by atoms with Gasteiger partial charge in [0, 0.05) is 23.9 Å². The number of ether oxygens (including phenoxy) is 1. The fourth-order valence-corrected chi connectivity index (χ4v) is 2.82. The van der Waals surface area contributed by atoms with Gasteiger partial charge in [-0.15, -0.1) is 0 Å². The molecule has 23 heavy (non-hydrogen) atoms. The number of fused-ring (bicyclic) bond motifs is 1. The van der Waals surface area contributed by atoms with E-state index in [1.54, 1.807) is 24.5 Å². The van der Waals surface area contributed by atoms with E-state index < -0.39 is 11.4 Å². The molecule has 118 valence electrons. The van der Waals surface area contributed by atoms with Crippen LogP contribution in [0.15, 0.2) is 30.9 Å². The molecule has 0 bridgehead atoms. The van der Waals surface area contributed by atoms with Gasteiger partial charge in [-0.25, -0.2) is 19.7 Å². The second kappa shape index (κ2) is 5.42. The van der Waals surface area contributed by atoms with Gasteiger partial charge >= 0.3 is 5.97 Å². The minimum Gasteiger partial charge on any atom is -0.464 e. The molecule has 0 fully saturated rings. The molecule has 2 aromatic rings. The van der Waals surface area contributed by atoms with Crippen molar-refractivity contribution >= 4 is 17.7 Å². The van der Waals surface area contributed by atoms with E-state index >= 15 is 0 Å². The van der Waals surface area contributed by atoms with Crippen LogP contribution in [0.3, 0.4) is 0 Å². The molecule has 1 aliphatic rings. The van der Waals surface area contributed by atoms with Gasteiger partial charge in [0.15, 0.2) is 0 Å². The highest BCUT2D eigenvalue weighted by Gasteiger charge is 2.48. The number of nitrogens with one attached hydrogen (secondary N) is 1. The molecular weight excluding hydrogens is 296 g/mol. The van der Waals surface area contributed by atoms with E-state index in [0.29, 0.717) is 5.82 Å². The van der Waals surface area contributed by atoms with Crippen LogP contribution in [-0.4, -0.2) is 33.9 Å². The number of hydrogen-bond acceptors (Lipinski definition) is 6. The van der Waals surface area contributed by atoms with Crippen molar-refractivity contribution in [1.82, 2.24) is 15.0 Å². The predicted octanol–water partition coefficient (Wildman–Crippen LogP) is 1.67. The number of aromatic nitrogens is 3. The minimum atomic E-state index is -0.801. The Morgan fingerprint density at radius 3 is 2.74 bits per heavy atom. The van der Waals surface area contributed by atoms with E-state index in [1.165, 1.54) is 13.4 Å². The third-order valence-corrected chi connectivity index (χ3v) is 4.52. The van der Waals surface area contributed by atoms with Crippen molar-refractivity contribution in [3.05, 3.63) is 47.7 Å². The summed E-state index contributed by atoms with van der Waals surface area (Å²) in [6, 6.07) is 3.38. The zero-order valence-corrected chi connectivity index (χ0v) is 13.0. The number of methoxy groups -OCH3 is 1. The highest BCUT2D eigenvalue weighted by molar-refractivity contribution is 6.05. The van der Waals surface area contributed by atoms with Gasteiger partial charge in [-0.05, 0) is 18.6 Å². The molecule has 2 atom stereocenters. The van der Waals surface area contributed by atoms with Crippen LogP contribution in [0.5, 0.6) is 0 Å². The van der Waals surface area contributed by atoms with E-state index in [-0.39, 0.29) is 17.5 Å². The summed E-state index contributed by atoms with van der Waals surface area (Å²) in [6.07, 6.45) is 4.66. The molecule has 2 aromatic heterocycles. The summed E-state index contributed by atoms with van der Waals surface area (Å²) in [5, 5.41) is 2.79. The van der Waals surface area contributed by atoms with Crippen LogP contribution in [-0.2, 0) is 14.9 Å². The van der Waals surface area contributed by atoms with Gasteiger partial charge in [-0.1, -0.05) is 13.0 Å². The molecule has 0 unspecified atom stereocenters. The molecule has 1 aliphatic heterocycles. The predicted molar refractivity (Wildman–Crippen MR) is 82.0 cm³/mol. The number of rotatable bonds is 3. The van der Waals surface area contributed by atoms with Crippen LogP contribution in [0.1, 0.15) is 41.4 Å². The number of nitrogens with zero attached hydrogens (tertiary/aromatic N) is 3. The first kappa shape index (κ1) is 15.1. The molecule has 1 N–H and O–H groups in total. The average molecular weight is 312 g/mol. The first-order valence-corrected chi connectivity index (χ1v) is 7.14. The van der Waals surface area contributed by atoms with Crippen molar-refractivity contribution in [1.29, 1.82) is 0 Å². The van der Waals surface area contributed by atoms with E-state index in [4.69, 9.17) is 0 Å². The molecule has 0 aromatic carbocycles. The van der Waals surface area contributed by atoms with Crippen LogP contribution in [0.4, 0.5) is 5.82 Å². The zero-order chi connectivity index (χ0) is 16.6. The summed E-state index contributed by atoms with van der Waals surface area (Å²) < 4.78 is 4.64. The van der Waals surface area contributed by atoms with Gasteiger partial charge in [0.1, 0.15) is 17.8 Å². The second-order valence-electron chi connectivity index (χ2n) is 5.63. The summed E-state index contributed by atoms with van der Waals surface area (Å²) in [6.45, 7) is 3.80. The lowest BCUT2D eigenvalue weighted by molar-refractivity contribution is -0.120. The Kier molecular flexibility index (Phi) is 3.55. The van der Waals surface area contributed by atoms with Crippen molar-refractivity contribution in [3.8, 4) is 0 Å². The molecular formula is C16H16N4O3. The molecule has 1 amide bonds. The molecule has 0 radical (unpaired) electrons. The minimum absolute atomic E-state index is 0.127. The lowest BCUT2D eigenvalue weighted by Gasteiger charge is -2.29. The van der Waals surface area contributed by atoms with E-state index in [9.17, 15) is 9.59 Å². The summed E-state index contributed by atoms with van der Waals surface area (Å²) >= 11 is 0. The Bertz CT molecular complexity index is 775. The quantitative estimate of drug-likeness (QED) is 0.866. The van der Waals surface area contributed by atoms with Gasteiger partial charge in [0.05, 0.1) is 12.5 Å². The molecule has 3 heterocycles. The second-order valence-corrected chi connectivity index (χ2v) is 5.63. The van der Waals surface area contributed by atoms with Gasteiger partial charge in [0.25, 0.3) is 0 Å². The van der Waals surface area contributed by atoms with Gasteiger partial charge in [-0.2, -0.15) is 0 Å². The van der Waals surface area contributed by atoms with Crippen LogP contribution >= 0.6 is 0 Å². The fraction of sp³-hybridized carbons (Fsp3) is 0.312. The van der Waals surface area contributed by atoms with Crippen LogP contribution in [0.25, 0.3) is 0 Å². The maximum Gasteiger partial charge on any atom is 0.356 e. The SMILES string of the molecule is COC(=O)c1ccc([C@@H](C)[C@@]2(C)C(=O)Nc3ncncc32)cn1. The highest BCUT2D eigenvalue weighted by Crippen LogP contribution is 2.45. The van der Waals surface area contributed by atoms with Crippen LogP contribution in [0, 0.1) is 0 Å². The fourth-order valence-electron chi connectivity index (χ4n) is 2.82. The van der Waals surface area contributed by atoms with Crippen molar-refractivity contribution in [2.45, 2.75) is 25.2 Å². The molecule has 0 saturated heterocycles. The molecule has 7 nitrogen and oxygen atoms in total. The van der Waals surface area contributed by atoms with Crippen LogP contribution in [0.2, 0.25) is 0 Å². The van der Waals surface area contributed by atoms with Crippen molar-refractivity contribution in [2.24, 2.45) is 0 Å². The van der Waals surface area contributed by atoms with E-state index in [1.807, 2.05) is 13.8 Å². The van der Waals surface area contributed by atoms with E-state index in [0.717, 1.165) is 11.1 Å². The Labute approximate surface area is 133 Å². The number of hydrogen-bond donors (Lipinski definition) is 1. The number of esters is 1. The Hall–Kier alpha value is -2.83. The molecule has 0 spiro atoms. The summed E-state index contributed by atoms with van der Waals surface area (Å²) in [7, 11) is 1.31. The van der Waals surface area contributed by atoms with Crippen molar-refractivity contribution < 1.29 is 14.3 Å². The standard InChI is InChI=1S/C16H16N4O3/c1-9(10-4-5-12(18-6-10)14(21)23-3)16(2)11-7-17-8-19-13(11)20-15(16)22/h4-9H,1-3H3,(H,17,19,20,22)/t9-,16-/m1/s1. The first-order valence-electron chi connectivity index (χ1n) is 7.14. The maximum absolute atomic E-state index is 12.5. The number of amides is 1. The largest absolute Gasteiger partial charge is 0.464 e. The zero-order valence-electron chi connectivity index (χ0n) is 13.0. The Morgan fingerprint density at radius 2 is 2.09 bits per heavy atom. The van der Waals surface area contributed by atoms with Gasteiger partial charge < -0.3 is 10.1 Å². The van der Waals surface area contributed by atoms with Gasteiger partial charge in [0.2, 0.25) is 5.91 Å². The lowest BCUT2D eigenvalue weighted by Crippen LogP contribution is -2.36. The Balaban J connectivity index is 1.98. The topological polar surface area (TPSA) is 94.1 Å². The normalized spacial score (nSPS) is 20.6. The number of pyridine rings is 1. The van der Waals surface area contributed by atoms with Crippen molar-refractivity contribution in [2.75, 3.05) is 12.4 Å². The summed E-state index contributed by atoms with van der Waals surface area (Å²) in [5.74, 6) is -0.252. The third kappa shape index (κ3) is 2.25. The smallest absolute Gasteiger partial charge is 0.356 e. The monoisotopic (exact) mass is 312 g/mol. The molecule has 7 heteroatoms. The molecule has 0 saturated carbocycles. The summed E-state index contributed by atoms with van der Waals surface area (Å²) in [5.41, 5.74) is 1.03. The molecule has 3 rings (SSSR count). The van der Waals surface area contributed by atoms with Gasteiger partial charge in [-0.3, -0.25) is 4.79 Å². The lowest BCUT2D eigenvalue weighted by atomic mass is 9.71. The molecule has 0 aliphatic carbocycles. The highest BCUT2D eigenvalue weighted by atomic mass is 16.5. The van der Waals surface area contributed by atoms with Crippen molar-refractivity contribution in [3.63, 3.8) is 0 Å². The maximum atomic E-state index is 12.5. The van der Waals surface area contributed by atoms with Crippen LogP contribution < -0.4 is 5.32 Å².